The van der Waals surface area contributed by atoms with Crippen molar-refractivity contribution < 1.29 is 22.0 Å². The lowest BCUT2D eigenvalue weighted by Crippen LogP contribution is -2.40. The number of carbonyl (C=O) groups is 1. The minimum atomic E-state index is -2.90. The quantitative estimate of drug-likeness (QED) is 0.510. The van der Waals surface area contributed by atoms with Crippen LogP contribution in [0.5, 0.6) is 0 Å². The van der Waals surface area contributed by atoms with Crippen molar-refractivity contribution in [2.45, 2.75) is 12.8 Å². The zero-order valence-corrected chi connectivity index (χ0v) is 18.7. The molecule has 0 saturated carbocycles. The Morgan fingerprint density at radius 2 is 1.88 bits per heavy atom. The van der Waals surface area contributed by atoms with Crippen LogP contribution in [0.2, 0.25) is 0 Å². The number of nitrogen functional groups attached to an aromatic ring is 1. The van der Waals surface area contributed by atoms with Crippen molar-refractivity contribution in [2.24, 2.45) is 0 Å². The van der Waals surface area contributed by atoms with Gasteiger partial charge in [0.15, 0.2) is 15.6 Å². The van der Waals surface area contributed by atoms with Gasteiger partial charge in [0.05, 0.1) is 17.1 Å². The zero-order chi connectivity index (χ0) is 23.6. The molecule has 0 atom stereocenters. The van der Waals surface area contributed by atoms with Gasteiger partial charge in [0, 0.05) is 30.3 Å². The van der Waals surface area contributed by atoms with Crippen LogP contribution in [0, 0.1) is 11.6 Å². The monoisotopic (exact) mass is 474 g/mol. The molecule has 2 heterocycles. The number of aryl methyl sites for hydroxylation is 1. The molecule has 3 N–H and O–H groups in total. The molecule has 10 heteroatoms. The van der Waals surface area contributed by atoms with E-state index in [0.717, 1.165) is 30.7 Å². The van der Waals surface area contributed by atoms with Gasteiger partial charge in [-0.15, -0.1) is 0 Å². The third-order valence-corrected chi connectivity index (χ3v) is 7.38. The standard InChI is InChI=1S/C23H24F2N4O3S/c24-17-6-7-18(19(25)14-17)21-20(23(26)28-27-21)22(30)16-5-1-3-15(13-16)4-2-8-29-9-11-33(31,32)12-10-29/h1,3,5-7,13-14H,2,4,8-12H2,(H3,26,27,28). The van der Waals surface area contributed by atoms with E-state index in [9.17, 15) is 22.0 Å². The molecule has 0 amide bonds. The van der Waals surface area contributed by atoms with Gasteiger partial charge in [0.1, 0.15) is 23.1 Å². The molecule has 174 valence electrons. The minimum absolute atomic E-state index is 0.00387. The van der Waals surface area contributed by atoms with Crippen LogP contribution in [-0.2, 0) is 16.3 Å². The van der Waals surface area contributed by atoms with Crippen molar-refractivity contribution in [2.75, 3.05) is 36.9 Å². The van der Waals surface area contributed by atoms with Crippen LogP contribution in [0.3, 0.4) is 0 Å². The highest BCUT2D eigenvalue weighted by Gasteiger charge is 2.24. The summed E-state index contributed by atoms with van der Waals surface area (Å²) in [5.41, 5.74) is 7.30. The first-order valence-corrected chi connectivity index (χ1v) is 12.4. The van der Waals surface area contributed by atoms with Gasteiger partial charge in [-0.3, -0.25) is 9.89 Å². The number of nitrogens with two attached hydrogens (primary N) is 1. The molecule has 1 saturated heterocycles. The summed E-state index contributed by atoms with van der Waals surface area (Å²) in [7, 11) is -2.90. The Balaban J connectivity index is 1.48. The van der Waals surface area contributed by atoms with Gasteiger partial charge < -0.3 is 10.6 Å². The number of hydrogen-bond donors (Lipinski definition) is 2. The van der Waals surface area contributed by atoms with E-state index in [-0.39, 0.29) is 34.1 Å². The number of carbonyl (C=O) groups excluding carboxylic acids is 1. The first-order chi connectivity index (χ1) is 15.7. The number of hydrogen-bond acceptors (Lipinski definition) is 6. The fraction of sp³-hybridized carbons (Fsp3) is 0.304. The first-order valence-electron chi connectivity index (χ1n) is 10.6. The Morgan fingerprint density at radius 3 is 2.61 bits per heavy atom. The van der Waals surface area contributed by atoms with Gasteiger partial charge in [-0.05, 0) is 43.1 Å². The van der Waals surface area contributed by atoms with E-state index in [4.69, 9.17) is 5.73 Å². The third kappa shape index (κ3) is 5.28. The van der Waals surface area contributed by atoms with Crippen molar-refractivity contribution in [3.63, 3.8) is 0 Å². The van der Waals surface area contributed by atoms with E-state index >= 15 is 0 Å². The Morgan fingerprint density at radius 1 is 1.12 bits per heavy atom. The van der Waals surface area contributed by atoms with Crippen LogP contribution in [0.15, 0.2) is 42.5 Å². The summed E-state index contributed by atoms with van der Waals surface area (Å²) in [4.78, 5) is 15.4. The number of nitrogens with zero attached hydrogens (tertiary/aromatic N) is 2. The number of aromatic nitrogens is 2. The molecular weight excluding hydrogens is 450 g/mol. The average Bonchev–Trinajstić information content (AvgIpc) is 3.15. The van der Waals surface area contributed by atoms with E-state index in [1.165, 1.54) is 6.07 Å². The lowest BCUT2D eigenvalue weighted by atomic mass is 9.97. The Kier molecular flexibility index (Phi) is 6.57. The molecule has 7 nitrogen and oxygen atoms in total. The third-order valence-electron chi connectivity index (χ3n) is 5.77. The second-order valence-electron chi connectivity index (χ2n) is 8.11. The van der Waals surface area contributed by atoms with Crippen molar-refractivity contribution in [1.82, 2.24) is 15.1 Å². The smallest absolute Gasteiger partial charge is 0.199 e. The van der Waals surface area contributed by atoms with E-state index in [1.807, 2.05) is 6.07 Å². The van der Waals surface area contributed by atoms with Crippen molar-refractivity contribution in [1.29, 1.82) is 0 Å². The number of sulfone groups is 1. The van der Waals surface area contributed by atoms with E-state index in [1.54, 1.807) is 18.2 Å². The fourth-order valence-corrected chi connectivity index (χ4v) is 5.23. The van der Waals surface area contributed by atoms with Gasteiger partial charge in [0.2, 0.25) is 0 Å². The number of rotatable bonds is 7. The van der Waals surface area contributed by atoms with Crippen molar-refractivity contribution in [3.8, 4) is 11.3 Å². The number of H-pyrrole nitrogens is 1. The summed E-state index contributed by atoms with van der Waals surface area (Å²) in [6.45, 7) is 1.86. The predicted octanol–water partition coefficient (Wildman–Crippen LogP) is 2.83. The van der Waals surface area contributed by atoms with E-state index in [0.29, 0.717) is 25.1 Å². The maximum Gasteiger partial charge on any atom is 0.199 e. The summed E-state index contributed by atoms with van der Waals surface area (Å²) in [5, 5.41) is 6.49. The Bertz CT molecular complexity index is 1280. The highest BCUT2D eigenvalue weighted by Crippen LogP contribution is 2.30. The summed E-state index contributed by atoms with van der Waals surface area (Å²) in [6, 6.07) is 10.1. The summed E-state index contributed by atoms with van der Waals surface area (Å²) >= 11 is 0. The molecule has 33 heavy (non-hydrogen) atoms. The number of benzene rings is 2. The van der Waals surface area contributed by atoms with Crippen LogP contribution in [-0.4, -0.2) is 60.4 Å². The molecule has 3 aromatic rings. The minimum Gasteiger partial charge on any atom is -0.383 e. The molecule has 0 bridgehead atoms. The molecule has 0 spiro atoms. The van der Waals surface area contributed by atoms with Crippen LogP contribution in [0.1, 0.15) is 27.9 Å². The number of nitrogens with one attached hydrogen (secondary N) is 1. The van der Waals surface area contributed by atoms with Crippen LogP contribution in [0.25, 0.3) is 11.3 Å². The second kappa shape index (κ2) is 9.40. The molecule has 2 aromatic carbocycles. The maximum atomic E-state index is 14.3. The predicted molar refractivity (Wildman–Crippen MR) is 122 cm³/mol. The lowest BCUT2D eigenvalue weighted by molar-refractivity contribution is 0.104. The van der Waals surface area contributed by atoms with Crippen molar-refractivity contribution >= 4 is 21.4 Å². The van der Waals surface area contributed by atoms with Gasteiger partial charge >= 0.3 is 0 Å². The molecule has 1 aliphatic rings. The SMILES string of the molecule is Nc1[nH]nc(-c2ccc(F)cc2F)c1C(=O)c1cccc(CCCN2CCS(=O)(=O)CC2)c1. The summed E-state index contributed by atoms with van der Waals surface area (Å²) < 4.78 is 50.7. The molecule has 0 unspecified atom stereocenters. The van der Waals surface area contributed by atoms with Crippen molar-refractivity contribution in [3.05, 3.63) is 70.8 Å². The number of aromatic amines is 1. The van der Waals surface area contributed by atoms with E-state index in [2.05, 4.69) is 15.1 Å². The number of anilines is 1. The first kappa shape index (κ1) is 23.1. The highest BCUT2D eigenvalue weighted by molar-refractivity contribution is 7.91. The Hall–Kier alpha value is -3.11. The van der Waals surface area contributed by atoms with Crippen LogP contribution < -0.4 is 5.73 Å². The van der Waals surface area contributed by atoms with Gasteiger partial charge in [-0.1, -0.05) is 18.2 Å². The summed E-state index contributed by atoms with van der Waals surface area (Å²) in [5.74, 6) is -1.59. The van der Waals surface area contributed by atoms with E-state index < -0.39 is 27.3 Å². The lowest BCUT2D eigenvalue weighted by Gasteiger charge is -2.26. The number of halogens is 2. The Labute approximate surface area is 190 Å². The van der Waals surface area contributed by atoms with Crippen LogP contribution >= 0.6 is 0 Å². The van der Waals surface area contributed by atoms with Gasteiger partial charge in [0.25, 0.3) is 0 Å². The molecule has 1 fully saturated rings. The molecule has 1 aromatic heterocycles. The van der Waals surface area contributed by atoms with Gasteiger partial charge in [-0.2, -0.15) is 5.10 Å². The molecule has 0 radical (unpaired) electrons. The maximum absolute atomic E-state index is 14.3. The van der Waals surface area contributed by atoms with Gasteiger partial charge in [-0.25, -0.2) is 17.2 Å². The zero-order valence-electron chi connectivity index (χ0n) is 17.9. The second-order valence-corrected chi connectivity index (χ2v) is 10.4. The summed E-state index contributed by atoms with van der Waals surface area (Å²) in [6.07, 6.45) is 1.53. The normalized spacial score (nSPS) is 16.1. The molecule has 1 aliphatic heterocycles. The average molecular weight is 475 g/mol. The highest BCUT2D eigenvalue weighted by atomic mass is 32.2. The fourth-order valence-electron chi connectivity index (χ4n) is 3.95. The number of ketones is 1. The largest absolute Gasteiger partial charge is 0.383 e. The van der Waals surface area contributed by atoms with Crippen LogP contribution in [0.4, 0.5) is 14.6 Å². The molecule has 0 aliphatic carbocycles. The molecule has 4 rings (SSSR count). The molecular formula is C23H24F2N4O3S. The topological polar surface area (TPSA) is 109 Å².